The minimum atomic E-state index is -0.137. The number of benzene rings is 1. The third-order valence-corrected chi connectivity index (χ3v) is 3.61. The van der Waals surface area contributed by atoms with E-state index in [1.165, 1.54) is 5.56 Å². The Kier molecular flexibility index (Phi) is 6.74. The van der Waals surface area contributed by atoms with Crippen molar-refractivity contribution in [3.63, 3.8) is 0 Å². The van der Waals surface area contributed by atoms with E-state index in [1.54, 1.807) is 4.90 Å². The SMILES string of the molecule is CCN(CC(C)C#N)C(=O)CN(CC)c1ccccc1C. The van der Waals surface area contributed by atoms with Crippen LogP contribution >= 0.6 is 0 Å². The van der Waals surface area contributed by atoms with Gasteiger partial charge in [-0.05, 0) is 39.3 Å². The van der Waals surface area contributed by atoms with Crippen molar-refractivity contribution in [2.24, 2.45) is 5.92 Å². The predicted octanol–water partition coefficient (Wildman–Crippen LogP) is 2.83. The highest BCUT2D eigenvalue weighted by Crippen LogP contribution is 2.19. The number of nitrogens with zero attached hydrogens (tertiary/aromatic N) is 3. The van der Waals surface area contributed by atoms with Crippen molar-refractivity contribution < 1.29 is 4.79 Å². The molecule has 0 aliphatic heterocycles. The van der Waals surface area contributed by atoms with E-state index in [4.69, 9.17) is 5.26 Å². The lowest BCUT2D eigenvalue weighted by molar-refractivity contribution is -0.129. The molecule has 0 aliphatic rings. The number of nitriles is 1. The first-order chi connectivity index (χ1) is 10.0. The standard InChI is InChI=1S/C17H25N3O/c1-5-19(16-10-8-7-9-15(16)4)13-17(21)20(6-2)12-14(3)11-18/h7-10,14H,5-6,12-13H2,1-4H3. The van der Waals surface area contributed by atoms with Gasteiger partial charge in [-0.15, -0.1) is 0 Å². The molecule has 0 N–H and O–H groups in total. The van der Waals surface area contributed by atoms with E-state index in [0.717, 1.165) is 12.2 Å². The van der Waals surface area contributed by atoms with Crippen LogP contribution in [-0.2, 0) is 4.79 Å². The summed E-state index contributed by atoms with van der Waals surface area (Å²) in [7, 11) is 0. The number of para-hydroxylation sites is 1. The molecule has 0 aliphatic carbocycles. The first-order valence-corrected chi connectivity index (χ1v) is 7.51. The summed E-state index contributed by atoms with van der Waals surface area (Å²) in [4.78, 5) is 16.3. The van der Waals surface area contributed by atoms with Gasteiger partial charge in [-0.25, -0.2) is 0 Å². The number of carbonyl (C=O) groups is 1. The van der Waals surface area contributed by atoms with E-state index in [0.29, 0.717) is 19.6 Å². The fraction of sp³-hybridized carbons (Fsp3) is 0.529. The Morgan fingerprint density at radius 1 is 1.29 bits per heavy atom. The van der Waals surface area contributed by atoms with Crippen molar-refractivity contribution in [3.05, 3.63) is 29.8 Å². The predicted molar refractivity (Wildman–Crippen MR) is 86.1 cm³/mol. The summed E-state index contributed by atoms with van der Waals surface area (Å²) in [5, 5.41) is 8.91. The molecule has 1 aromatic rings. The van der Waals surface area contributed by atoms with Gasteiger partial charge in [-0.2, -0.15) is 5.26 Å². The summed E-state index contributed by atoms with van der Waals surface area (Å²) in [6.45, 7) is 10.2. The van der Waals surface area contributed by atoms with Gasteiger partial charge in [0.1, 0.15) is 0 Å². The van der Waals surface area contributed by atoms with E-state index in [9.17, 15) is 4.79 Å². The summed E-state index contributed by atoms with van der Waals surface area (Å²) in [6.07, 6.45) is 0. The van der Waals surface area contributed by atoms with Crippen molar-refractivity contribution >= 4 is 11.6 Å². The molecule has 1 aromatic carbocycles. The van der Waals surface area contributed by atoms with Crippen LogP contribution in [0.1, 0.15) is 26.3 Å². The molecule has 0 spiro atoms. The van der Waals surface area contributed by atoms with Crippen molar-refractivity contribution in [2.75, 3.05) is 31.1 Å². The smallest absolute Gasteiger partial charge is 0.242 e. The molecular weight excluding hydrogens is 262 g/mol. The van der Waals surface area contributed by atoms with Gasteiger partial charge < -0.3 is 9.80 Å². The number of rotatable bonds is 7. The molecule has 4 heteroatoms. The zero-order valence-corrected chi connectivity index (χ0v) is 13.5. The van der Waals surface area contributed by atoms with E-state index in [-0.39, 0.29) is 11.8 Å². The van der Waals surface area contributed by atoms with Crippen molar-refractivity contribution in [2.45, 2.75) is 27.7 Å². The molecular formula is C17H25N3O. The molecule has 0 fully saturated rings. The van der Waals surface area contributed by atoms with Gasteiger partial charge in [-0.3, -0.25) is 4.79 Å². The molecule has 0 aromatic heterocycles. The van der Waals surface area contributed by atoms with Crippen LogP contribution in [0, 0.1) is 24.2 Å². The van der Waals surface area contributed by atoms with Crippen LogP contribution in [0.4, 0.5) is 5.69 Å². The minimum absolute atomic E-state index is 0.0738. The molecule has 0 heterocycles. The van der Waals surface area contributed by atoms with Gasteiger partial charge in [0.2, 0.25) is 5.91 Å². The second-order valence-corrected chi connectivity index (χ2v) is 5.26. The molecule has 1 rings (SSSR count). The molecule has 114 valence electrons. The lowest BCUT2D eigenvalue weighted by Gasteiger charge is -2.28. The second kappa shape index (κ2) is 8.31. The summed E-state index contributed by atoms with van der Waals surface area (Å²) in [5.41, 5.74) is 2.26. The van der Waals surface area contributed by atoms with Gasteiger partial charge in [0.25, 0.3) is 0 Å². The molecule has 0 radical (unpaired) electrons. The number of likely N-dealkylation sites (N-methyl/N-ethyl adjacent to an activating group) is 2. The Hall–Kier alpha value is -2.02. The fourth-order valence-electron chi connectivity index (χ4n) is 2.33. The molecule has 0 saturated heterocycles. The highest BCUT2D eigenvalue weighted by atomic mass is 16.2. The zero-order chi connectivity index (χ0) is 15.8. The van der Waals surface area contributed by atoms with E-state index >= 15 is 0 Å². The van der Waals surface area contributed by atoms with E-state index < -0.39 is 0 Å². The first-order valence-electron chi connectivity index (χ1n) is 7.51. The maximum atomic E-state index is 12.5. The molecule has 21 heavy (non-hydrogen) atoms. The Morgan fingerprint density at radius 3 is 2.48 bits per heavy atom. The Balaban J connectivity index is 2.79. The number of hydrogen-bond donors (Lipinski definition) is 0. The quantitative estimate of drug-likeness (QED) is 0.774. The van der Waals surface area contributed by atoms with Crippen LogP contribution in [-0.4, -0.2) is 37.0 Å². The fourth-order valence-corrected chi connectivity index (χ4v) is 2.33. The number of carbonyl (C=O) groups excluding carboxylic acids is 1. The third-order valence-electron chi connectivity index (χ3n) is 3.61. The summed E-state index contributed by atoms with van der Waals surface area (Å²) in [5.74, 6) is -0.0628. The number of anilines is 1. The van der Waals surface area contributed by atoms with Crippen LogP contribution in [0.2, 0.25) is 0 Å². The first kappa shape index (κ1) is 17.0. The lowest BCUT2D eigenvalue weighted by Crippen LogP contribution is -2.42. The second-order valence-electron chi connectivity index (χ2n) is 5.26. The van der Waals surface area contributed by atoms with Crippen LogP contribution in [0.25, 0.3) is 0 Å². The Morgan fingerprint density at radius 2 is 1.95 bits per heavy atom. The molecule has 1 amide bonds. The Bertz CT molecular complexity index is 507. The maximum absolute atomic E-state index is 12.5. The van der Waals surface area contributed by atoms with Crippen molar-refractivity contribution in [1.29, 1.82) is 5.26 Å². The van der Waals surface area contributed by atoms with Crippen LogP contribution in [0.15, 0.2) is 24.3 Å². The summed E-state index contributed by atoms with van der Waals surface area (Å²) < 4.78 is 0. The molecule has 1 unspecified atom stereocenters. The lowest BCUT2D eigenvalue weighted by atomic mass is 10.1. The summed E-state index contributed by atoms with van der Waals surface area (Å²) >= 11 is 0. The number of amides is 1. The van der Waals surface area contributed by atoms with Gasteiger partial charge >= 0.3 is 0 Å². The largest absolute Gasteiger partial charge is 0.362 e. The normalized spacial score (nSPS) is 11.6. The summed E-state index contributed by atoms with van der Waals surface area (Å²) in [6, 6.07) is 10.3. The highest BCUT2D eigenvalue weighted by molar-refractivity contribution is 5.81. The molecule has 1 atom stereocenters. The van der Waals surface area contributed by atoms with Gasteiger partial charge in [0, 0.05) is 25.3 Å². The monoisotopic (exact) mass is 287 g/mol. The third kappa shape index (κ3) is 4.78. The van der Waals surface area contributed by atoms with Gasteiger partial charge in [0.05, 0.1) is 18.5 Å². The zero-order valence-electron chi connectivity index (χ0n) is 13.5. The van der Waals surface area contributed by atoms with Crippen LogP contribution in [0.3, 0.4) is 0 Å². The van der Waals surface area contributed by atoms with Crippen molar-refractivity contribution in [3.8, 4) is 6.07 Å². The average molecular weight is 287 g/mol. The topological polar surface area (TPSA) is 47.3 Å². The van der Waals surface area contributed by atoms with Gasteiger partial charge in [-0.1, -0.05) is 18.2 Å². The Labute approximate surface area is 128 Å². The highest BCUT2D eigenvalue weighted by Gasteiger charge is 2.18. The van der Waals surface area contributed by atoms with Crippen molar-refractivity contribution in [1.82, 2.24) is 4.90 Å². The minimum Gasteiger partial charge on any atom is -0.362 e. The molecule has 0 saturated carbocycles. The van der Waals surface area contributed by atoms with E-state index in [2.05, 4.69) is 24.0 Å². The average Bonchev–Trinajstić information content (AvgIpc) is 2.50. The molecule has 4 nitrogen and oxygen atoms in total. The number of hydrogen-bond acceptors (Lipinski definition) is 3. The maximum Gasteiger partial charge on any atom is 0.242 e. The van der Waals surface area contributed by atoms with E-state index in [1.807, 2.05) is 39.0 Å². The van der Waals surface area contributed by atoms with Crippen LogP contribution < -0.4 is 4.90 Å². The van der Waals surface area contributed by atoms with Crippen LogP contribution in [0.5, 0.6) is 0 Å². The number of aryl methyl sites for hydroxylation is 1. The molecule has 0 bridgehead atoms. The van der Waals surface area contributed by atoms with Gasteiger partial charge in [0.15, 0.2) is 0 Å².